The standard InChI is InChI=1S/C11H18N4S/c12-14-11-13-4-10(16-11)7-15-5-8-2-1-3-9(8)6-15/h4,8-9H,1-3,5-7,12H2,(H,13,14). The van der Waals surface area contributed by atoms with Crippen molar-refractivity contribution in [3.8, 4) is 0 Å². The highest BCUT2D eigenvalue weighted by Crippen LogP contribution is 2.38. The zero-order valence-electron chi connectivity index (χ0n) is 9.35. The molecule has 1 saturated heterocycles. The fourth-order valence-corrected chi connectivity index (χ4v) is 3.89. The highest BCUT2D eigenvalue weighted by atomic mass is 32.1. The van der Waals surface area contributed by atoms with Crippen molar-refractivity contribution in [2.24, 2.45) is 17.7 Å². The number of thiazole rings is 1. The second kappa shape index (κ2) is 4.31. The molecule has 0 amide bonds. The average molecular weight is 238 g/mol. The van der Waals surface area contributed by atoms with E-state index in [1.807, 2.05) is 6.20 Å². The number of nitrogens with zero attached hydrogens (tertiary/aromatic N) is 2. The van der Waals surface area contributed by atoms with Crippen molar-refractivity contribution in [2.75, 3.05) is 18.5 Å². The van der Waals surface area contributed by atoms with Gasteiger partial charge in [-0.15, -0.1) is 0 Å². The Morgan fingerprint density at radius 2 is 2.19 bits per heavy atom. The maximum absolute atomic E-state index is 5.33. The Hall–Kier alpha value is -0.650. The number of nitrogen functional groups attached to an aromatic ring is 1. The molecule has 0 aromatic carbocycles. The predicted octanol–water partition coefficient (Wildman–Crippen LogP) is 1.66. The quantitative estimate of drug-likeness (QED) is 0.621. The number of rotatable bonds is 3. The normalized spacial score (nSPS) is 29.6. The van der Waals surface area contributed by atoms with E-state index in [9.17, 15) is 0 Å². The Bertz CT molecular complexity index is 353. The van der Waals surface area contributed by atoms with E-state index >= 15 is 0 Å². The second-order valence-corrected chi connectivity index (χ2v) is 6.04. The van der Waals surface area contributed by atoms with E-state index in [1.165, 1.54) is 37.2 Å². The number of nitrogens with two attached hydrogens (primary N) is 1. The third kappa shape index (κ3) is 1.95. The molecule has 0 bridgehead atoms. The summed E-state index contributed by atoms with van der Waals surface area (Å²) in [6.45, 7) is 3.62. The van der Waals surface area contributed by atoms with E-state index in [2.05, 4.69) is 15.3 Å². The third-order valence-electron chi connectivity index (χ3n) is 3.86. The molecule has 16 heavy (non-hydrogen) atoms. The lowest BCUT2D eigenvalue weighted by molar-refractivity contribution is 0.306. The molecule has 1 aliphatic carbocycles. The van der Waals surface area contributed by atoms with Gasteiger partial charge in [-0.3, -0.25) is 10.3 Å². The van der Waals surface area contributed by atoms with Crippen molar-refractivity contribution >= 4 is 16.5 Å². The molecular weight excluding hydrogens is 220 g/mol. The Morgan fingerprint density at radius 1 is 1.44 bits per heavy atom. The van der Waals surface area contributed by atoms with Gasteiger partial charge in [0.1, 0.15) is 0 Å². The van der Waals surface area contributed by atoms with Gasteiger partial charge in [0, 0.05) is 30.7 Å². The number of hydrazine groups is 1. The number of fused-ring (bicyclic) bond motifs is 1. The first-order valence-corrected chi connectivity index (χ1v) is 6.80. The Morgan fingerprint density at radius 3 is 2.81 bits per heavy atom. The zero-order chi connectivity index (χ0) is 11.0. The molecule has 1 aromatic heterocycles. The molecule has 5 heteroatoms. The maximum atomic E-state index is 5.33. The van der Waals surface area contributed by atoms with Crippen LogP contribution in [0.25, 0.3) is 0 Å². The van der Waals surface area contributed by atoms with Crippen LogP contribution in [0.4, 0.5) is 5.13 Å². The molecule has 1 aliphatic heterocycles. The van der Waals surface area contributed by atoms with Crippen LogP contribution in [0.5, 0.6) is 0 Å². The van der Waals surface area contributed by atoms with E-state index in [0.29, 0.717) is 0 Å². The molecule has 3 N–H and O–H groups in total. The minimum atomic E-state index is 0.814. The summed E-state index contributed by atoms with van der Waals surface area (Å²) < 4.78 is 0. The summed E-state index contributed by atoms with van der Waals surface area (Å²) in [7, 11) is 0. The minimum Gasteiger partial charge on any atom is -0.300 e. The lowest BCUT2D eigenvalue weighted by Gasteiger charge is -2.14. The van der Waals surface area contributed by atoms with Crippen molar-refractivity contribution in [1.82, 2.24) is 9.88 Å². The summed E-state index contributed by atoms with van der Waals surface area (Å²) in [6, 6.07) is 0. The van der Waals surface area contributed by atoms with Crippen LogP contribution in [0.3, 0.4) is 0 Å². The lowest BCUT2D eigenvalue weighted by atomic mass is 10.0. The number of anilines is 1. The molecule has 1 aromatic rings. The zero-order valence-corrected chi connectivity index (χ0v) is 10.2. The minimum absolute atomic E-state index is 0.814. The number of aromatic nitrogens is 1. The Labute approximate surface area is 99.8 Å². The highest BCUT2D eigenvalue weighted by Gasteiger charge is 2.35. The van der Waals surface area contributed by atoms with Gasteiger partial charge >= 0.3 is 0 Å². The Balaban J connectivity index is 1.59. The number of hydrogen-bond acceptors (Lipinski definition) is 5. The SMILES string of the molecule is NNc1ncc(CN2CC3CCCC3C2)s1. The van der Waals surface area contributed by atoms with Crippen LogP contribution in [-0.4, -0.2) is 23.0 Å². The number of hydrogen-bond donors (Lipinski definition) is 2. The molecule has 2 atom stereocenters. The molecule has 0 radical (unpaired) electrons. The van der Waals surface area contributed by atoms with Gasteiger partial charge in [-0.05, 0) is 24.7 Å². The van der Waals surface area contributed by atoms with Crippen LogP contribution < -0.4 is 11.3 Å². The molecule has 3 rings (SSSR count). The topological polar surface area (TPSA) is 54.2 Å². The number of nitrogens with one attached hydrogen (secondary N) is 1. The maximum Gasteiger partial charge on any atom is 0.197 e. The van der Waals surface area contributed by atoms with Crippen molar-refractivity contribution in [2.45, 2.75) is 25.8 Å². The first-order chi connectivity index (χ1) is 7.85. The number of likely N-dealkylation sites (tertiary alicyclic amines) is 1. The first kappa shape index (κ1) is 10.5. The predicted molar refractivity (Wildman–Crippen MR) is 66.0 cm³/mol. The van der Waals surface area contributed by atoms with Crippen LogP contribution in [0.2, 0.25) is 0 Å². The van der Waals surface area contributed by atoms with Crippen LogP contribution in [0.1, 0.15) is 24.1 Å². The van der Waals surface area contributed by atoms with E-state index in [1.54, 1.807) is 11.3 Å². The van der Waals surface area contributed by atoms with Crippen molar-refractivity contribution in [3.63, 3.8) is 0 Å². The van der Waals surface area contributed by atoms with Gasteiger partial charge in [0.25, 0.3) is 0 Å². The summed E-state index contributed by atoms with van der Waals surface area (Å²) in [5, 5.41) is 0.814. The summed E-state index contributed by atoms with van der Waals surface area (Å²) in [5.41, 5.74) is 2.60. The molecule has 88 valence electrons. The summed E-state index contributed by atoms with van der Waals surface area (Å²) in [4.78, 5) is 8.09. The van der Waals surface area contributed by atoms with Gasteiger partial charge in [0.2, 0.25) is 0 Å². The first-order valence-electron chi connectivity index (χ1n) is 5.99. The highest BCUT2D eigenvalue weighted by molar-refractivity contribution is 7.15. The molecule has 1 saturated carbocycles. The van der Waals surface area contributed by atoms with Crippen molar-refractivity contribution in [1.29, 1.82) is 0 Å². The van der Waals surface area contributed by atoms with Gasteiger partial charge in [0.05, 0.1) is 0 Å². The smallest absolute Gasteiger partial charge is 0.197 e. The average Bonchev–Trinajstić information content (AvgIpc) is 2.92. The van der Waals surface area contributed by atoms with Crippen LogP contribution in [0, 0.1) is 11.8 Å². The van der Waals surface area contributed by atoms with Gasteiger partial charge in [0.15, 0.2) is 5.13 Å². The largest absolute Gasteiger partial charge is 0.300 e. The van der Waals surface area contributed by atoms with Crippen LogP contribution >= 0.6 is 11.3 Å². The molecule has 0 spiro atoms. The Kier molecular flexibility index (Phi) is 2.83. The third-order valence-corrected chi connectivity index (χ3v) is 4.77. The van der Waals surface area contributed by atoms with Gasteiger partial charge in [-0.1, -0.05) is 17.8 Å². The monoisotopic (exact) mass is 238 g/mol. The fraction of sp³-hybridized carbons (Fsp3) is 0.727. The lowest BCUT2D eigenvalue weighted by Crippen LogP contribution is -2.20. The van der Waals surface area contributed by atoms with Crippen LogP contribution in [-0.2, 0) is 6.54 Å². The van der Waals surface area contributed by atoms with Crippen molar-refractivity contribution < 1.29 is 0 Å². The van der Waals surface area contributed by atoms with Gasteiger partial charge in [-0.2, -0.15) is 0 Å². The van der Waals surface area contributed by atoms with Gasteiger partial charge in [-0.25, -0.2) is 10.8 Å². The summed E-state index contributed by atoms with van der Waals surface area (Å²) in [6.07, 6.45) is 6.28. The fourth-order valence-electron chi connectivity index (χ4n) is 3.13. The van der Waals surface area contributed by atoms with Crippen molar-refractivity contribution in [3.05, 3.63) is 11.1 Å². The summed E-state index contributed by atoms with van der Waals surface area (Å²) >= 11 is 1.66. The molecule has 2 heterocycles. The molecule has 2 unspecified atom stereocenters. The summed E-state index contributed by atoms with van der Waals surface area (Å²) in [5.74, 6) is 7.27. The van der Waals surface area contributed by atoms with E-state index in [4.69, 9.17) is 5.84 Å². The van der Waals surface area contributed by atoms with Crippen LogP contribution in [0.15, 0.2) is 6.20 Å². The molecule has 4 nitrogen and oxygen atoms in total. The van der Waals surface area contributed by atoms with Gasteiger partial charge < -0.3 is 0 Å². The second-order valence-electron chi connectivity index (χ2n) is 4.92. The molecule has 2 aliphatic rings. The van der Waals surface area contributed by atoms with E-state index < -0.39 is 0 Å². The van der Waals surface area contributed by atoms with E-state index in [-0.39, 0.29) is 0 Å². The van der Waals surface area contributed by atoms with E-state index in [0.717, 1.165) is 23.5 Å². The molecule has 2 fully saturated rings. The molecular formula is C11H18N4S.